The Labute approximate surface area is 99.7 Å². The first-order chi connectivity index (χ1) is 7.80. The van der Waals surface area contributed by atoms with Crippen molar-refractivity contribution in [3.05, 3.63) is 12.1 Å². The minimum Gasteiger partial charge on any atom is -0.504 e. The second kappa shape index (κ2) is 3.55. The Bertz CT molecular complexity index is 483. The molecular formula is C12H16N2O3. The lowest BCUT2D eigenvalue weighted by atomic mass is 9.99. The highest BCUT2D eigenvalue weighted by molar-refractivity contribution is 5.97. The molecule has 17 heavy (non-hydrogen) atoms. The van der Waals surface area contributed by atoms with Gasteiger partial charge >= 0.3 is 0 Å². The molecule has 0 saturated carbocycles. The number of phenols is 2. The molecule has 0 bridgehead atoms. The van der Waals surface area contributed by atoms with Gasteiger partial charge in [0.15, 0.2) is 11.5 Å². The highest BCUT2D eigenvalue weighted by Crippen LogP contribution is 2.41. The first-order valence-electron chi connectivity index (χ1n) is 5.42. The van der Waals surface area contributed by atoms with E-state index in [1.165, 1.54) is 19.1 Å². The van der Waals surface area contributed by atoms with Crippen LogP contribution >= 0.6 is 0 Å². The molecule has 1 aliphatic rings. The van der Waals surface area contributed by atoms with Gasteiger partial charge in [-0.2, -0.15) is 0 Å². The standard InChI is InChI=1S/C12H16N2O3/c1-7(15)14-6-12(2,3)13-8-4-10(16)11(17)5-9(8)14/h4-5,13,16-17H,6H2,1-3H3. The number of fused-ring (bicyclic) bond motifs is 1. The summed E-state index contributed by atoms with van der Waals surface area (Å²) in [7, 11) is 0. The summed E-state index contributed by atoms with van der Waals surface area (Å²) in [6.45, 7) is 5.93. The topological polar surface area (TPSA) is 72.8 Å². The minimum atomic E-state index is -0.276. The van der Waals surface area contributed by atoms with E-state index in [-0.39, 0.29) is 22.9 Å². The number of phenolic OH excluding ortho intramolecular Hbond substituents is 2. The predicted octanol–water partition coefficient (Wildman–Crippen LogP) is 1.65. The van der Waals surface area contributed by atoms with E-state index in [4.69, 9.17) is 0 Å². The Balaban J connectivity index is 2.56. The van der Waals surface area contributed by atoms with Crippen LogP contribution in [0.15, 0.2) is 12.1 Å². The third-order valence-electron chi connectivity index (χ3n) is 2.79. The molecule has 0 saturated heterocycles. The van der Waals surface area contributed by atoms with Crippen LogP contribution < -0.4 is 10.2 Å². The molecule has 2 rings (SSSR count). The zero-order valence-electron chi connectivity index (χ0n) is 10.1. The summed E-state index contributed by atoms with van der Waals surface area (Å²) in [6.07, 6.45) is 0. The fraction of sp³-hybridized carbons (Fsp3) is 0.417. The summed E-state index contributed by atoms with van der Waals surface area (Å²) < 4.78 is 0. The molecule has 5 nitrogen and oxygen atoms in total. The maximum Gasteiger partial charge on any atom is 0.224 e. The number of hydrogen-bond acceptors (Lipinski definition) is 4. The zero-order chi connectivity index (χ0) is 12.8. The van der Waals surface area contributed by atoms with E-state index in [0.717, 1.165) is 0 Å². The van der Waals surface area contributed by atoms with E-state index in [1.54, 1.807) is 4.90 Å². The van der Waals surface area contributed by atoms with Crippen molar-refractivity contribution in [2.24, 2.45) is 0 Å². The van der Waals surface area contributed by atoms with Gasteiger partial charge < -0.3 is 20.4 Å². The number of nitrogens with one attached hydrogen (secondary N) is 1. The number of hydrogen-bond donors (Lipinski definition) is 3. The fourth-order valence-electron chi connectivity index (χ4n) is 2.05. The maximum atomic E-state index is 11.6. The number of anilines is 2. The zero-order valence-corrected chi connectivity index (χ0v) is 10.1. The number of rotatable bonds is 0. The number of nitrogens with zero attached hydrogens (tertiary/aromatic N) is 1. The van der Waals surface area contributed by atoms with Crippen LogP contribution in [0.1, 0.15) is 20.8 Å². The van der Waals surface area contributed by atoms with Gasteiger partial charge in [-0.15, -0.1) is 0 Å². The van der Waals surface area contributed by atoms with Crippen molar-refractivity contribution in [3.8, 4) is 11.5 Å². The van der Waals surface area contributed by atoms with Crippen LogP contribution in [0.25, 0.3) is 0 Å². The summed E-state index contributed by atoms with van der Waals surface area (Å²) in [5.41, 5.74) is 0.959. The second-order valence-electron chi connectivity index (χ2n) is 4.97. The van der Waals surface area contributed by atoms with Gasteiger partial charge in [0.05, 0.1) is 11.4 Å². The van der Waals surface area contributed by atoms with Crippen molar-refractivity contribution >= 4 is 17.3 Å². The molecule has 0 aliphatic carbocycles. The lowest BCUT2D eigenvalue weighted by Gasteiger charge is -2.40. The van der Waals surface area contributed by atoms with Crippen LogP contribution in [-0.4, -0.2) is 28.2 Å². The predicted molar refractivity (Wildman–Crippen MR) is 65.5 cm³/mol. The Kier molecular flexibility index (Phi) is 2.41. The molecule has 0 aromatic heterocycles. The number of benzene rings is 1. The number of amides is 1. The molecule has 1 aromatic carbocycles. The number of carbonyl (C=O) groups is 1. The van der Waals surface area contributed by atoms with Gasteiger partial charge in [-0.25, -0.2) is 0 Å². The van der Waals surface area contributed by atoms with Crippen molar-refractivity contribution < 1.29 is 15.0 Å². The molecule has 0 spiro atoms. The van der Waals surface area contributed by atoms with Crippen molar-refractivity contribution in [1.29, 1.82) is 0 Å². The van der Waals surface area contributed by atoms with Gasteiger partial charge in [0, 0.05) is 31.1 Å². The normalized spacial score (nSPS) is 17.2. The lowest BCUT2D eigenvalue weighted by molar-refractivity contribution is -0.116. The monoisotopic (exact) mass is 236 g/mol. The average molecular weight is 236 g/mol. The van der Waals surface area contributed by atoms with E-state index in [9.17, 15) is 15.0 Å². The van der Waals surface area contributed by atoms with Crippen LogP contribution in [0, 0.1) is 0 Å². The van der Waals surface area contributed by atoms with E-state index in [1.807, 2.05) is 13.8 Å². The van der Waals surface area contributed by atoms with Gasteiger partial charge in [0.2, 0.25) is 5.91 Å². The molecule has 1 amide bonds. The third kappa shape index (κ3) is 2.00. The van der Waals surface area contributed by atoms with Gasteiger partial charge in [0.25, 0.3) is 0 Å². The Morgan fingerprint density at radius 1 is 1.35 bits per heavy atom. The van der Waals surface area contributed by atoms with E-state index in [0.29, 0.717) is 17.9 Å². The Hall–Kier alpha value is -1.91. The van der Waals surface area contributed by atoms with Gasteiger partial charge in [0.1, 0.15) is 0 Å². The highest BCUT2D eigenvalue weighted by atomic mass is 16.3. The summed E-state index contributed by atoms with van der Waals surface area (Å²) in [5.74, 6) is -0.514. The smallest absolute Gasteiger partial charge is 0.224 e. The molecule has 92 valence electrons. The van der Waals surface area contributed by atoms with E-state index in [2.05, 4.69) is 5.32 Å². The van der Waals surface area contributed by atoms with Crippen LogP contribution in [0.3, 0.4) is 0 Å². The van der Waals surface area contributed by atoms with Crippen molar-refractivity contribution in [2.75, 3.05) is 16.8 Å². The molecule has 3 N–H and O–H groups in total. The van der Waals surface area contributed by atoms with Crippen LogP contribution in [0.5, 0.6) is 11.5 Å². The molecule has 0 radical (unpaired) electrons. The van der Waals surface area contributed by atoms with Crippen molar-refractivity contribution in [3.63, 3.8) is 0 Å². The first kappa shape index (κ1) is 11.6. The molecule has 0 fully saturated rings. The molecule has 1 heterocycles. The van der Waals surface area contributed by atoms with Crippen LogP contribution in [0.2, 0.25) is 0 Å². The molecule has 1 aliphatic heterocycles. The van der Waals surface area contributed by atoms with E-state index >= 15 is 0 Å². The SMILES string of the molecule is CC(=O)N1CC(C)(C)Nc2cc(O)c(O)cc21. The maximum absolute atomic E-state index is 11.6. The second-order valence-corrected chi connectivity index (χ2v) is 4.97. The van der Waals surface area contributed by atoms with E-state index < -0.39 is 0 Å². The summed E-state index contributed by atoms with van der Waals surface area (Å²) in [5, 5.41) is 22.2. The van der Waals surface area contributed by atoms with Crippen molar-refractivity contribution in [1.82, 2.24) is 0 Å². The highest BCUT2D eigenvalue weighted by Gasteiger charge is 2.32. The van der Waals surface area contributed by atoms with Crippen LogP contribution in [0.4, 0.5) is 11.4 Å². The lowest BCUT2D eigenvalue weighted by Crippen LogP contribution is -2.50. The first-order valence-corrected chi connectivity index (χ1v) is 5.42. The average Bonchev–Trinajstić information content (AvgIpc) is 2.18. The van der Waals surface area contributed by atoms with Gasteiger partial charge in [-0.3, -0.25) is 4.79 Å². The molecule has 0 atom stereocenters. The summed E-state index contributed by atoms with van der Waals surface area (Å²) in [6, 6.07) is 2.83. The largest absolute Gasteiger partial charge is 0.504 e. The number of carbonyl (C=O) groups excluding carboxylic acids is 1. The van der Waals surface area contributed by atoms with Crippen LogP contribution in [-0.2, 0) is 4.79 Å². The molecule has 1 aromatic rings. The molecule has 0 unspecified atom stereocenters. The van der Waals surface area contributed by atoms with Gasteiger partial charge in [-0.05, 0) is 13.8 Å². The Morgan fingerprint density at radius 3 is 2.53 bits per heavy atom. The van der Waals surface area contributed by atoms with Crippen molar-refractivity contribution in [2.45, 2.75) is 26.3 Å². The van der Waals surface area contributed by atoms with Gasteiger partial charge in [-0.1, -0.05) is 0 Å². The summed E-state index contributed by atoms with van der Waals surface area (Å²) in [4.78, 5) is 13.2. The summed E-state index contributed by atoms with van der Waals surface area (Å²) >= 11 is 0. The fourth-order valence-corrected chi connectivity index (χ4v) is 2.05. The quantitative estimate of drug-likeness (QED) is 0.473. The molecular weight excluding hydrogens is 220 g/mol. The number of aromatic hydroxyl groups is 2. The molecule has 5 heteroatoms. The third-order valence-corrected chi connectivity index (χ3v) is 2.79. The minimum absolute atomic E-state index is 0.0917. The Morgan fingerprint density at radius 2 is 1.94 bits per heavy atom.